The van der Waals surface area contributed by atoms with Gasteiger partial charge in [0, 0.05) is 18.0 Å². The molecule has 1 atom stereocenters. The van der Waals surface area contributed by atoms with E-state index in [1.54, 1.807) is 0 Å². The largest absolute Gasteiger partial charge is 0.344 e. The molecule has 1 heterocycles. The second kappa shape index (κ2) is 5.44. The number of nitrogens with zero attached hydrogens (tertiary/aromatic N) is 1. The first-order valence-corrected chi connectivity index (χ1v) is 7.07. The molecule has 3 heteroatoms. The normalized spacial score (nSPS) is 12.3. The highest BCUT2D eigenvalue weighted by molar-refractivity contribution is 5.98. The molecule has 0 aliphatic carbocycles. The number of hydrogen-bond donors (Lipinski definition) is 1. The number of carbonyl (C=O) groups is 1. The minimum absolute atomic E-state index is 0.0169. The van der Waals surface area contributed by atoms with E-state index in [9.17, 15) is 4.79 Å². The molecule has 3 aromatic rings. The second-order valence-corrected chi connectivity index (χ2v) is 5.25. The van der Waals surface area contributed by atoms with Gasteiger partial charge in [0.25, 0.3) is 5.91 Å². The van der Waals surface area contributed by atoms with Crippen LogP contribution in [0.4, 0.5) is 0 Å². The summed E-state index contributed by atoms with van der Waals surface area (Å²) in [5, 5.41) is 4.14. The van der Waals surface area contributed by atoms with Gasteiger partial charge in [0.15, 0.2) is 0 Å². The zero-order valence-electron chi connectivity index (χ0n) is 12.2. The number of amides is 1. The van der Waals surface area contributed by atoms with Crippen LogP contribution in [0.15, 0.2) is 60.7 Å². The Balaban J connectivity index is 1.86. The van der Waals surface area contributed by atoms with E-state index in [1.165, 1.54) is 0 Å². The molecule has 0 aliphatic rings. The molecule has 0 aliphatic heterocycles. The number of fused-ring (bicyclic) bond motifs is 1. The third-order valence-electron chi connectivity index (χ3n) is 3.83. The molecule has 0 saturated carbocycles. The first-order valence-electron chi connectivity index (χ1n) is 7.07. The van der Waals surface area contributed by atoms with Gasteiger partial charge in [-0.25, -0.2) is 0 Å². The Morgan fingerprint density at radius 2 is 1.71 bits per heavy atom. The average Bonchev–Trinajstić information content (AvgIpc) is 2.86. The van der Waals surface area contributed by atoms with E-state index in [0.717, 1.165) is 16.5 Å². The molecule has 1 N–H and O–H groups in total. The molecule has 0 saturated heterocycles. The Bertz CT molecular complexity index is 774. The van der Waals surface area contributed by atoms with Crippen molar-refractivity contribution in [3.05, 3.63) is 71.9 Å². The molecule has 106 valence electrons. The molecule has 1 unspecified atom stereocenters. The standard InChI is InChI=1S/C18H18N2O/c1-13(14-8-4-3-5-9-14)19-18(21)17-12-15-10-6-7-11-16(15)20(17)2/h3-13H,1-2H3,(H,19,21). The van der Waals surface area contributed by atoms with Crippen LogP contribution in [-0.4, -0.2) is 10.5 Å². The number of para-hydroxylation sites is 1. The van der Waals surface area contributed by atoms with E-state index in [0.29, 0.717) is 5.69 Å². The summed E-state index contributed by atoms with van der Waals surface area (Å²) in [5.74, 6) is -0.0509. The number of carbonyl (C=O) groups excluding carboxylic acids is 1. The fourth-order valence-electron chi connectivity index (χ4n) is 2.60. The molecule has 3 rings (SSSR count). The Kier molecular flexibility index (Phi) is 3.48. The van der Waals surface area contributed by atoms with E-state index < -0.39 is 0 Å². The van der Waals surface area contributed by atoms with Crippen molar-refractivity contribution in [2.75, 3.05) is 0 Å². The molecular weight excluding hydrogens is 260 g/mol. The van der Waals surface area contributed by atoms with Crippen LogP contribution in [0.1, 0.15) is 29.0 Å². The lowest BCUT2D eigenvalue weighted by molar-refractivity contribution is 0.0932. The van der Waals surface area contributed by atoms with Gasteiger partial charge in [-0.3, -0.25) is 4.79 Å². The smallest absolute Gasteiger partial charge is 0.268 e. The summed E-state index contributed by atoms with van der Waals surface area (Å²) < 4.78 is 1.93. The fraction of sp³-hybridized carbons (Fsp3) is 0.167. The second-order valence-electron chi connectivity index (χ2n) is 5.25. The zero-order chi connectivity index (χ0) is 14.8. The quantitative estimate of drug-likeness (QED) is 0.779. The summed E-state index contributed by atoms with van der Waals surface area (Å²) in [7, 11) is 1.92. The maximum Gasteiger partial charge on any atom is 0.268 e. The van der Waals surface area contributed by atoms with Crippen LogP contribution in [0.2, 0.25) is 0 Å². The first-order chi connectivity index (χ1) is 10.2. The molecule has 1 amide bonds. The van der Waals surface area contributed by atoms with Crippen molar-refractivity contribution in [2.45, 2.75) is 13.0 Å². The van der Waals surface area contributed by atoms with Gasteiger partial charge in [0.2, 0.25) is 0 Å². The van der Waals surface area contributed by atoms with Gasteiger partial charge in [-0.1, -0.05) is 48.5 Å². The summed E-state index contributed by atoms with van der Waals surface area (Å²) in [5.41, 5.74) is 2.85. The molecule has 0 radical (unpaired) electrons. The number of benzene rings is 2. The highest BCUT2D eigenvalue weighted by Gasteiger charge is 2.15. The summed E-state index contributed by atoms with van der Waals surface area (Å²) in [6.07, 6.45) is 0. The minimum Gasteiger partial charge on any atom is -0.344 e. The molecule has 2 aromatic carbocycles. The van der Waals surface area contributed by atoms with Crippen molar-refractivity contribution in [3.63, 3.8) is 0 Å². The van der Waals surface area contributed by atoms with Gasteiger partial charge in [-0.15, -0.1) is 0 Å². The monoisotopic (exact) mass is 278 g/mol. The van der Waals surface area contributed by atoms with Crippen molar-refractivity contribution >= 4 is 16.8 Å². The predicted molar refractivity (Wildman–Crippen MR) is 85.2 cm³/mol. The lowest BCUT2D eigenvalue weighted by atomic mass is 10.1. The number of nitrogens with one attached hydrogen (secondary N) is 1. The van der Waals surface area contributed by atoms with Crippen LogP contribution in [0.5, 0.6) is 0 Å². The molecule has 1 aromatic heterocycles. The highest BCUT2D eigenvalue weighted by atomic mass is 16.2. The third-order valence-corrected chi connectivity index (χ3v) is 3.83. The average molecular weight is 278 g/mol. The van der Waals surface area contributed by atoms with Crippen LogP contribution in [-0.2, 0) is 7.05 Å². The van der Waals surface area contributed by atoms with Gasteiger partial charge < -0.3 is 9.88 Å². The van der Waals surface area contributed by atoms with Crippen molar-refractivity contribution in [1.82, 2.24) is 9.88 Å². The molecule has 21 heavy (non-hydrogen) atoms. The van der Waals surface area contributed by atoms with Gasteiger partial charge >= 0.3 is 0 Å². The zero-order valence-corrected chi connectivity index (χ0v) is 12.2. The lowest BCUT2D eigenvalue weighted by Crippen LogP contribution is -2.28. The first kappa shape index (κ1) is 13.4. The molecule has 3 nitrogen and oxygen atoms in total. The number of hydrogen-bond acceptors (Lipinski definition) is 1. The number of rotatable bonds is 3. The summed E-state index contributed by atoms with van der Waals surface area (Å²) in [4.78, 5) is 12.5. The molecular formula is C18H18N2O. The maximum absolute atomic E-state index is 12.5. The topological polar surface area (TPSA) is 34.0 Å². The fourth-order valence-corrected chi connectivity index (χ4v) is 2.60. The van der Waals surface area contributed by atoms with Crippen molar-refractivity contribution < 1.29 is 4.79 Å². The van der Waals surface area contributed by atoms with Crippen molar-refractivity contribution in [1.29, 1.82) is 0 Å². The summed E-state index contributed by atoms with van der Waals surface area (Å²) >= 11 is 0. The number of aryl methyl sites for hydroxylation is 1. The Morgan fingerprint density at radius 1 is 1.05 bits per heavy atom. The molecule has 0 bridgehead atoms. The van der Waals surface area contributed by atoms with Crippen LogP contribution in [0.25, 0.3) is 10.9 Å². The van der Waals surface area contributed by atoms with Crippen molar-refractivity contribution in [3.8, 4) is 0 Å². The molecule has 0 spiro atoms. The van der Waals surface area contributed by atoms with Crippen LogP contribution in [0.3, 0.4) is 0 Å². The molecule has 0 fully saturated rings. The van der Waals surface area contributed by atoms with Gasteiger partial charge in [0.1, 0.15) is 5.69 Å². The highest BCUT2D eigenvalue weighted by Crippen LogP contribution is 2.19. The van der Waals surface area contributed by atoms with Gasteiger partial charge in [0.05, 0.1) is 6.04 Å². The Morgan fingerprint density at radius 3 is 2.43 bits per heavy atom. The predicted octanol–water partition coefficient (Wildman–Crippen LogP) is 3.67. The summed E-state index contributed by atoms with van der Waals surface area (Å²) in [6, 6.07) is 19.9. The number of aromatic nitrogens is 1. The van der Waals surface area contributed by atoms with Gasteiger partial charge in [-0.2, -0.15) is 0 Å². The van der Waals surface area contributed by atoms with Crippen LogP contribution in [0, 0.1) is 0 Å². The van der Waals surface area contributed by atoms with E-state index in [1.807, 2.05) is 79.2 Å². The Labute approximate surface area is 124 Å². The third kappa shape index (κ3) is 2.55. The van der Waals surface area contributed by atoms with E-state index in [4.69, 9.17) is 0 Å². The lowest BCUT2D eigenvalue weighted by Gasteiger charge is -2.14. The Hall–Kier alpha value is -2.55. The van der Waals surface area contributed by atoms with E-state index >= 15 is 0 Å². The van der Waals surface area contributed by atoms with Crippen molar-refractivity contribution in [2.24, 2.45) is 7.05 Å². The van der Waals surface area contributed by atoms with Crippen LogP contribution >= 0.6 is 0 Å². The maximum atomic E-state index is 12.5. The van der Waals surface area contributed by atoms with Crippen LogP contribution < -0.4 is 5.32 Å². The van der Waals surface area contributed by atoms with E-state index in [2.05, 4.69) is 5.32 Å². The minimum atomic E-state index is -0.0509. The van der Waals surface area contributed by atoms with Gasteiger partial charge in [-0.05, 0) is 24.6 Å². The SMILES string of the molecule is CC(NC(=O)c1cc2ccccc2n1C)c1ccccc1. The van der Waals surface area contributed by atoms with E-state index in [-0.39, 0.29) is 11.9 Å². The summed E-state index contributed by atoms with van der Waals surface area (Å²) in [6.45, 7) is 2.00.